The van der Waals surface area contributed by atoms with Gasteiger partial charge >= 0.3 is 0 Å². The zero-order chi connectivity index (χ0) is 20.8. The number of likely N-dealkylation sites (N-methyl/N-ethyl adjacent to an activating group) is 1. The lowest BCUT2D eigenvalue weighted by atomic mass is 9.98. The first kappa shape index (κ1) is 18.6. The zero-order valence-electron chi connectivity index (χ0n) is 15.5. The van der Waals surface area contributed by atoms with Gasteiger partial charge in [0.1, 0.15) is 5.69 Å². The Bertz CT molecular complexity index is 1130. The number of pyridine rings is 2. The highest BCUT2D eigenvalue weighted by Crippen LogP contribution is 2.35. The number of likely N-dealkylation sites (tertiary alicyclic amines) is 1. The maximum Gasteiger partial charge on any atom is 0.269 e. The van der Waals surface area contributed by atoms with E-state index in [1.165, 1.54) is 17.0 Å². The molecule has 0 unspecified atom stereocenters. The lowest BCUT2D eigenvalue weighted by Gasteiger charge is -2.16. The number of aliphatic hydroxyl groups is 1. The third-order valence-electron chi connectivity index (χ3n) is 4.91. The number of nitrogens with zero attached hydrogens (tertiary/aromatic N) is 4. The summed E-state index contributed by atoms with van der Waals surface area (Å²) in [5.74, 6) is -1.08. The molecule has 4 heterocycles. The Hall–Kier alpha value is -3.79. The molecule has 4 rings (SSSR count). The molecule has 0 bridgehead atoms. The van der Waals surface area contributed by atoms with Crippen LogP contribution in [0.4, 0.5) is 5.69 Å². The Morgan fingerprint density at radius 3 is 2.72 bits per heavy atom. The van der Waals surface area contributed by atoms with Crippen molar-refractivity contribution in [2.75, 3.05) is 19.3 Å². The lowest BCUT2D eigenvalue weighted by molar-refractivity contribution is -0.144. The maximum atomic E-state index is 12.2. The van der Waals surface area contributed by atoms with Gasteiger partial charge in [0, 0.05) is 37.8 Å². The molecule has 0 radical (unpaired) electrons. The number of rotatable bonds is 4. The van der Waals surface area contributed by atoms with E-state index in [4.69, 9.17) is 16.0 Å². The van der Waals surface area contributed by atoms with Crippen molar-refractivity contribution in [3.8, 4) is 22.6 Å². The van der Waals surface area contributed by atoms with E-state index in [2.05, 4.69) is 15.1 Å². The number of primary amides is 1. The number of hydrogen-bond acceptors (Lipinski definition) is 8. The predicted molar refractivity (Wildman–Crippen MR) is 102 cm³/mol. The van der Waals surface area contributed by atoms with E-state index in [9.17, 15) is 14.7 Å². The number of hydrogen-bond donors (Lipinski definition) is 3. The van der Waals surface area contributed by atoms with Crippen molar-refractivity contribution in [3.63, 3.8) is 0 Å². The largest absolute Gasteiger partial charge is 0.397 e. The van der Waals surface area contributed by atoms with Crippen molar-refractivity contribution in [1.29, 1.82) is 0 Å². The summed E-state index contributed by atoms with van der Waals surface area (Å²) in [6.07, 6.45) is 1.77. The summed E-state index contributed by atoms with van der Waals surface area (Å²) in [5, 5.41) is 14.7. The minimum absolute atomic E-state index is 0.0375. The first-order valence-corrected chi connectivity index (χ1v) is 8.78. The smallest absolute Gasteiger partial charge is 0.269 e. The van der Waals surface area contributed by atoms with Gasteiger partial charge in [-0.15, -0.1) is 0 Å². The summed E-state index contributed by atoms with van der Waals surface area (Å²) in [5.41, 5.74) is 11.4. The summed E-state index contributed by atoms with van der Waals surface area (Å²) in [6, 6.07) is 8.07. The van der Waals surface area contributed by atoms with Gasteiger partial charge in [-0.1, -0.05) is 5.16 Å². The molecule has 29 heavy (non-hydrogen) atoms. The summed E-state index contributed by atoms with van der Waals surface area (Å²) in [7, 11) is 1.62. The molecule has 3 aromatic heterocycles. The molecule has 0 spiro atoms. The highest BCUT2D eigenvalue weighted by molar-refractivity contribution is 5.96. The van der Waals surface area contributed by atoms with Gasteiger partial charge in [0.15, 0.2) is 11.5 Å². The van der Waals surface area contributed by atoms with Gasteiger partial charge < -0.3 is 26.0 Å². The van der Waals surface area contributed by atoms with Crippen molar-refractivity contribution in [2.24, 2.45) is 5.73 Å². The van der Waals surface area contributed by atoms with Gasteiger partial charge in [0.25, 0.3) is 11.8 Å². The highest BCUT2D eigenvalue weighted by Gasteiger charge is 2.48. The quantitative estimate of drug-likeness (QED) is 0.577. The van der Waals surface area contributed by atoms with E-state index in [0.29, 0.717) is 29.2 Å². The number of anilines is 1. The van der Waals surface area contributed by atoms with Crippen LogP contribution in [-0.2, 0) is 10.4 Å². The average molecular weight is 394 g/mol. The number of aromatic nitrogens is 3. The molecule has 10 nitrogen and oxygen atoms in total. The first-order valence-electron chi connectivity index (χ1n) is 8.78. The summed E-state index contributed by atoms with van der Waals surface area (Å²) in [6.45, 7) is 0.426. The molecule has 1 aliphatic heterocycles. The maximum absolute atomic E-state index is 12.2. The van der Waals surface area contributed by atoms with Crippen molar-refractivity contribution < 1.29 is 19.2 Å². The molecular formula is C19H18N6O4. The van der Waals surface area contributed by atoms with Gasteiger partial charge in [-0.25, -0.2) is 4.98 Å². The number of nitrogens with two attached hydrogens (primary N) is 2. The lowest BCUT2D eigenvalue weighted by Crippen LogP contribution is -2.35. The van der Waals surface area contributed by atoms with Crippen LogP contribution in [0.15, 0.2) is 41.1 Å². The SMILES string of the molecule is CN1CC[C@@](O)(c2cc(-c3ccnc(-c4ccc(N)c(C(N)=O)n4)c3)no2)C1=O. The van der Waals surface area contributed by atoms with E-state index in [1.54, 1.807) is 31.4 Å². The van der Waals surface area contributed by atoms with Crippen LogP contribution >= 0.6 is 0 Å². The Labute approximate surface area is 165 Å². The van der Waals surface area contributed by atoms with Crippen molar-refractivity contribution in [1.82, 2.24) is 20.0 Å². The molecule has 3 aromatic rings. The Kier molecular flexibility index (Phi) is 4.27. The van der Waals surface area contributed by atoms with E-state index >= 15 is 0 Å². The van der Waals surface area contributed by atoms with Gasteiger partial charge in [-0.3, -0.25) is 14.6 Å². The second-order valence-corrected chi connectivity index (χ2v) is 6.84. The molecule has 1 saturated heterocycles. The molecule has 1 atom stereocenters. The minimum atomic E-state index is -1.72. The Morgan fingerprint density at radius 1 is 1.24 bits per heavy atom. The highest BCUT2D eigenvalue weighted by atomic mass is 16.5. The van der Waals surface area contributed by atoms with Crippen LogP contribution in [0.1, 0.15) is 22.7 Å². The molecular weight excluding hydrogens is 376 g/mol. The molecule has 5 N–H and O–H groups in total. The summed E-state index contributed by atoms with van der Waals surface area (Å²) in [4.78, 5) is 33.6. The molecule has 1 aliphatic rings. The van der Waals surface area contributed by atoms with Crippen LogP contribution in [0.3, 0.4) is 0 Å². The third kappa shape index (κ3) is 3.09. The predicted octanol–water partition coefficient (Wildman–Crippen LogP) is 0.529. The number of carbonyl (C=O) groups excluding carboxylic acids is 2. The standard InChI is InChI=1S/C19H18N6O4/c1-25-7-5-19(28,18(25)27)15-9-13(24-29-15)10-4-6-22-14(8-10)12-3-2-11(20)16(23-12)17(21)26/h2-4,6,8-9,28H,5,7,20H2,1H3,(H2,21,26)/t19-/m1/s1. The van der Waals surface area contributed by atoms with Crippen LogP contribution in [0, 0.1) is 0 Å². The fraction of sp³-hybridized carbons (Fsp3) is 0.211. The van der Waals surface area contributed by atoms with Crippen LogP contribution in [-0.4, -0.2) is 50.5 Å². The average Bonchev–Trinajstić information content (AvgIpc) is 3.31. The van der Waals surface area contributed by atoms with Gasteiger partial charge in [0.05, 0.1) is 17.1 Å². The summed E-state index contributed by atoms with van der Waals surface area (Å²) < 4.78 is 5.28. The molecule has 0 aliphatic carbocycles. The molecule has 1 fully saturated rings. The van der Waals surface area contributed by atoms with Crippen LogP contribution < -0.4 is 11.5 Å². The molecule has 148 valence electrons. The molecule has 10 heteroatoms. The summed E-state index contributed by atoms with van der Waals surface area (Å²) >= 11 is 0. The fourth-order valence-corrected chi connectivity index (χ4v) is 3.23. The number of amides is 2. The molecule has 2 amide bonds. The van der Waals surface area contributed by atoms with Gasteiger partial charge in [0.2, 0.25) is 5.60 Å². The van der Waals surface area contributed by atoms with Crippen LogP contribution in [0.25, 0.3) is 22.6 Å². The van der Waals surface area contributed by atoms with Crippen molar-refractivity contribution >= 4 is 17.5 Å². The van der Waals surface area contributed by atoms with E-state index in [1.807, 2.05) is 0 Å². The Balaban J connectivity index is 1.69. The molecule has 0 saturated carbocycles. The third-order valence-corrected chi connectivity index (χ3v) is 4.91. The second kappa shape index (κ2) is 6.67. The van der Waals surface area contributed by atoms with Crippen molar-refractivity contribution in [2.45, 2.75) is 12.0 Å². The van der Waals surface area contributed by atoms with E-state index in [-0.39, 0.29) is 23.6 Å². The van der Waals surface area contributed by atoms with Gasteiger partial charge in [-0.2, -0.15) is 0 Å². The number of carbonyl (C=O) groups is 2. The second-order valence-electron chi connectivity index (χ2n) is 6.84. The van der Waals surface area contributed by atoms with Gasteiger partial charge in [-0.05, 0) is 24.3 Å². The monoisotopic (exact) mass is 394 g/mol. The van der Waals surface area contributed by atoms with Crippen molar-refractivity contribution in [3.05, 3.63) is 48.0 Å². The topological polar surface area (TPSA) is 161 Å². The number of nitrogen functional groups attached to an aromatic ring is 1. The van der Waals surface area contributed by atoms with E-state index < -0.39 is 17.4 Å². The van der Waals surface area contributed by atoms with E-state index in [0.717, 1.165) is 0 Å². The van der Waals surface area contributed by atoms with Crippen LogP contribution in [0.5, 0.6) is 0 Å². The normalized spacial score (nSPS) is 19.0. The first-order chi connectivity index (χ1) is 13.8. The fourth-order valence-electron chi connectivity index (χ4n) is 3.23. The minimum Gasteiger partial charge on any atom is -0.397 e. The Morgan fingerprint density at radius 2 is 2.03 bits per heavy atom. The molecule has 0 aromatic carbocycles. The zero-order valence-corrected chi connectivity index (χ0v) is 15.5. The van der Waals surface area contributed by atoms with Crippen LogP contribution in [0.2, 0.25) is 0 Å².